The van der Waals surface area contributed by atoms with E-state index in [2.05, 4.69) is 0 Å². The second-order valence-corrected chi connectivity index (χ2v) is 3.41. The van der Waals surface area contributed by atoms with Gasteiger partial charge >= 0.3 is 0 Å². The summed E-state index contributed by atoms with van der Waals surface area (Å²) in [5.41, 5.74) is 5.11. The molecule has 0 aromatic heterocycles. The summed E-state index contributed by atoms with van der Waals surface area (Å²) in [4.78, 5) is 20.7. The molecule has 0 aliphatic rings. The normalized spacial score (nSPS) is 10.6. The number of carbonyl (C=O) groups excluding carboxylic acids is 1. The van der Waals surface area contributed by atoms with Gasteiger partial charge in [-0.2, -0.15) is 0 Å². The lowest BCUT2D eigenvalue weighted by atomic mass is 10.1. The Kier molecular flexibility index (Phi) is 4.02. The van der Waals surface area contributed by atoms with Crippen LogP contribution in [-0.2, 0) is 4.79 Å². The second-order valence-electron chi connectivity index (χ2n) is 3.00. The van der Waals surface area contributed by atoms with E-state index in [1.165, 1.54) is 24.3 Å². The van der Waals surface area contributed by atoms with Gasteiger partial charge in [0.2, 0.25) is 5.91 Å². The number of nitrogens with zero attached hydrogens (tertiary/aromatic N) is 1. The van der Waals surface area contributed by atoms with Crippen LogP contribution in [0, 0.1) is 10.1 Å². The highest BCUT2D eigenvalue weighted by Gasteiger charge is 2.13. The van der Waals surface area contributed by atoms with Crippen molar-refractivity contribution in [1.82, 2.24) is 0 Å². The molecule has 5 nitrogen and oxygen atoms in total. The van der Waals surface area contributed by atoms with Gasteiger partial charge in [-0.25, -0.2) is 0 Å². The van der Waals surface area contributed by atoms with E-state index in [1.54, 1.807) is 6.07 Å². The number of hydrogen-bond donors (Lipinski definition) is 1. The standard InChI is InChI=1S/C10H9ClN2O3/c11-8-4-2-5-9(13(15)16)7(8)3-1-6-10(12)14/h1-5H,6H2,(H2,12,14). The summed E-state index contributed by atoms with van der Waals surface area (Å²) in [6.45, 7) is 0. The van der Waals surface area contributed by atoms with Crippen LogP contribution in [0.5, 0.6) is 0 Å². The maximum Gasteiger partial charge on any atom is 0.278 e. The molecule has 1 amide bonds. The van der Waals surface area contributed by atoms with Gasteiger partial charge in [0.25, 0.3) is 5.69 Å². The van der Waals surface area contributed by atoms with Crippen LogP contribution in [0.2, 0.25) is 5.02 Å². The van der Waals surface area contributed by atoms with Crippen LogP contribution >= 0.6 is 11.6 Å². The average Bonchev–Trinajstić information content (AvgIpc) is 2.19. The summed E-state index contributed by atoms with van der Waals surface area (Å²) >= 11 is 5.82. The molecule has 0 radical (unpaired) electrons. The van der Waals surface area contributed by atoms with Crippen molar-refractivity contribution >= 4 is 29.3 Å². The van der Waals surface area contributed by atoms with E-state index in [0.29, 0.717) is 0 Å². The first kappa shape index (κ1) is 12.2. The molecule has 1 aromatic carbocycles. The van der Waals surface area contributed by atoms with Crippen LogP contribution in [0.1, 0.15) is 12.0 Å². The molecule has 6 heteroatoms. The zero-order valence-electron chi connectivity index (χ0n) is 8.22. The fraction of sp³-hybridized carbons (Fsp3) is 0.100. The molecule has 0 heterocycles. The smallest absolute Gasteiger partial charge is 0.278 e. The van der Waals surface area contributed by atoms with E-state index in [9.17, 15) is 14.9 Å². The number of primary amides is 1. The van der Waals surface area contributed by atoms with Gasteiger partial charge in [0.05, 0.1) is 15.5 Å². The van der Waals surface area contributed by atoms with Crippen LogP contribution < -0.4 is 5.73 Å². The zero-order chi connectivity index (χ0) is 12.1. The number of nitrogens with two attached hydrogens (primary N) is 1. The Morgan fingerprint density at radius 2 is 2.25 bits per heavy atom. The fourth-order valence-corrected chi connectivity index (χ4v) is 1.38. The topological polar surface area (TPSA) is 86.2 Å². The van der Waals surface area contributed by atoms with Gasteiger partial charge in [-0.05, 0) is 6.07 Å². The van der Waals surface area contributed by atoms with Crippen molar-refractivity contribution in [3.63, 3.8) is 0 Å². The lowest BCUT2D eigenvalue weighted by molar-refractivity contribution is -0.385. The Balaban J connectivity index is 3.06. The summed E-state index contributed by atoms with van der Waals surface area (Å²) in [6.07, 6.45) is 2.88. The van der Waals surface area contributed by atoms with Crippen LogP contribution in [0.4, 0.5) is 5.69 Å². The van der Waals surface area contributed by atoms with Crippen molar-refractivity contribution in [3.8, 4) is 0 Å². The summed E-state index contributed by atoms with van der Waals surface area (Å²) in [5, 5.41) is 11.0. The molecule has 1 aromatic rings. The molecule has 84 valence electrons. The molecule has 0 saturated carbocycles. The first-order valence-corrected chi connectivity index (χ1v) is 4.78. The first-order valence-electron chi connectivity index (χ1n) is 4.40. The van der Waals surface area contributed by atoms with Gasteiger partial charge in [-0.15, -0.1) is 0 Å². The van der Waals surface area contributed by atoms with Crippen molar-refractivity contribution in [2.24, 2.45) is 5.73 Å². The summed E-state index contributed by atoms with van der Waals surface area (Å²) in [6, 6.07) is 4.38. The van der Waals surface area contributed by atoms with Crippen molar-refractivity contribution in [2.45, 2.75) is 6.42 Å². The van der Waals surface area contributed by atoms with E-state index in [1.807, 2.05) is 0 Å². The highest BCUT2D eigenvalue weighted by Crippen LogP contribution is 2.27. The minimum absolute atomic E-state index is 0.0162. The Bertz CT molecular complexity index is 457. The van der Waals surface area contributed by atoms with Crippen LogP contribution in [0.25, 0.3) is 6.08 Å². The fourth-order valence-electron chi connectivity index (χ4n) is 1.14. The zero-order valence-corrected chi connectivity index (χ0v) is 8.98. The molecule has 16 heavy (non-hydrogen) atoms. The Morgan fingerprint density at radius 1 is 1.56 bits per heavy atom. The van der Waals surface area contributed by atoms with Gasteiger partial charge < -0.3 is 5.73 Å². The van der Waals surface area contributed by atoms with Crippen LogP contribution in [0.3, 0.4) is 0 Å². The van der Waals surface area contributed by atoms with E-state index in [0.717, 1.165) is 0 Å². The number of rotatable bonds is 4. The maximum absolute atomic E-state index is 10.7. The molecule has 0 unspecified atom stereocenters. The molecule has 0 fully saturated rings. The number of nitro benzene ring substituents is 1. The molecular weight excluding hydrogens is 232 g/mol. The molecule has 0 aliphatic carbocycles. The molecule has 1 rings (SSSR count). The van der Waals surface area contributed by atoms with Crippen molar-refractivity contribution in [1.29, 1.82) is 0 Å². The SMILES string of the molecule is NC(=O)CC=Cc1c(Cl)cccc1[N+](=O)[O-]. The maximum atomic E-state index is 10.7. The van der Waals surface area contributed by atoms with Gasteiger partial charge in [-0.1, -0.05) is 29.8 Å². The lowest BCUT2D eigenvalue weighted by Gasteiger charge is -1.99. The number of hydrogen-bond acceptors (Lipinski definition) is 3. The van der Waals surface area contributed by atoms with E-state index in [-0.39, 0.29) is 22.7 Å². The molecule has 0 bridgehead atoms. The molecule has 2 N–H and O–H groups in total. The summed E-state index contributed by atoms with van der Waals surface area (Å²) in [5.74, 6) is -0.508. The van der Waals surface area contributed by atoms with Gasteiger partial charge in [-0.3, -0.25) is 14.9 Å². The molecule has 0 saturated heterocycles. The van der Waals surface area contributed by atoms with Crippen molar-refractivity contribution in [2.75, 3.05) is 0 Å². The monoisotopic (exact) mass is 240 g/mol. The third-order valence-corrected chi connectivity index (χ3v) is 2.16. The van der Waals surface area contributed by atoms with Crippen molar-refractivity contribution < 1.29 is 9.72 Å². The van der Waals surface area contributed by atoms with Gasteiger partial charge in [0.1, 0.15) is 0 Å². The largest absolute Gasteiger partial charge is 0.369 e. The van der Waals surface area contributed by atoms with Crippen molar-refractivity contribution in [3.05, 3.63) is 45.0 Å². The number of benzene rings is 1. The summed E-state index contributed by atoms with van der Waals surface area (Å²) in [7, 11) is 0. The average molecular weight is 241 g/mol. The van der Waals surface area contributed by atoms with Gasteiger partial charge in [0.15, 0.2) is 0 Å². The third-order valence-electron chi connectivity index (χ3n) is 1.83. The highest BCUT2D eigenvalue weighted by molar-refractivity contribution is 6.32. The quantitative estimate of drug-likeness (QED) is 0.646. The Labute approximate surface area is 96.7 Å². The lowest BCUT2D eigenvalue weighted by Crippen LogP contribution is -2.07. The van der Waals surface area contributed by atoms with Crippen LogP contribution in [0.15, 0.2) is 24.3 Å². The minimum Gasteiger partial charge on any atom is -0.369 e. The van der Waals surface area contributed by atoms with Gasteiger partial charge in [0, 0.05) is 12.5 Å². The highest BCUT2D eigenvalue weighted by atomic mass is 35.5. The third kappa shape index (κ3) is 3.06. The molecule has 0 atom stereocenters. The number of amides is 1. The molecular formula is C10H9ClN2O3. The van der Waals surface area contributed by atoms with Crippen LogP contribution in [-0.4, -0.2) is 10.8 Å². The summed E-state index contributed by atoms with van der Waals surface area (Å²) < 4.78 is 0. The van der Waals surface area contributed by atoms with E-state index >= 15 is 0 Å². The predicted molar refractivity (Wildman–Crippen MR) is 61.0 cm³/mol. The molecule has 0 spiro atoms. The first-order chi connectivity index (χ1) is 7.52. The Hall–Kier alpha value is -1.88. The molecule has 0 aliphatic heterocycles. The minimum atomic E-state index is -0.532. The Morgan fingerprint density at radius 3 is 2.81 bits per heavy atom. The van der Waals surface area contributed by atoms with E-state index in [4.69, 9.17) is 17.3 Å². The van der Waals surface area contributed by atoms with E-state index < -0.39 is 10.8 Å². The second kappa shape index (κ2) is 5.27. The number of halogens is 1. The number of carbonyl (C=O) groups is 1. The number of nitro groups is 1. The predicted octanol–water partition coefficient (Wildman–Crippen LogP) is 2.14.